The van der Waals surface area contributed by atoms with E-state index in [1.807, 2.05) is 0 Å². The number of hydrogen-bond acceptors (Lipinski definition) is 3. The van der Waals surface area contributed by atoms with Crippen molar-refractivity contribution in [3.05, 3.63) is 30.1 Å². The Hall–Kier alpha value is -1.67. The van der Waals surface area contributed by atoms with Gasteiger partial charge in [0.25, 0.3) is 0 Å². The maximum atomic E-state index is 12.8. The first-order chi connectivity index (χ1) is 11.2. The molecule has 2 N–H and O–H groups in total. The maximum Gasteiger partial charge on any atom is 0.391 e. The lowest BCUT2D eigenvalue weighted by Gasteiger charge is -2.32. The molecule has 1 saturated heterocycles. The quantitative estimate of drug-likeness (QED) is 0.805. The minimum absolute atomic E-state index is 0.0498. The molecular formula is C16H20F4N2O2. The third-order valence-electron chi connectivity index (χ3n) is 4.01. The molecule has 4 nitrogen and oxygen atoms in total. The molecule has 1 atom stereocenters. The molecule has 0 radical (unpaired) electrons. The Morgan fingerprint density at radius 2 is 1.83 bits per heavy atom. The van der Waals surface area contributed by atoms with Crippen LogP contribution >= 0.6 is 0 Å². The summed E-state index contributed by atoms with van der Waals surface area (Å²) in [6.07, 6.45) is -6.04. The van der Waals surface area contributed by atoms with Crippen LogP contribution in [0.4, 0.5) is 23.2 Å². The number of β-amino-alcohol motifs (C(OH)–C–C–N with tert-alkyl or cyclic N) is 1. The van der Waals surface area contributed by atoms with E-state index in [9.17, 15) is 27.5 Å². The topological polar surface area (TPSA) is 52.6 Å². The van der Waals surface area contributed by atoms with Crippen molar-refractivity contribution in [3.8, 4) is 0 Å². The highest BCUT2D eigenvalue weighted by molar-refractivity contribution is 5.92. The number of benzene rings is 1. The second-order valence-electron chi connectivity index (χ2n) is 6.04. The number of amides is 1. The lowest BCUT2D eigenvalue weighted by atomic mass is 9.95. The fraction of sp³-hybridized carbons (Fsp3) is 0.562. The van der Waals surface area contributed by atoms with Gasteiger partial charge < -0.3 is 15.3 Å². The van der Waals surface area contributed by atoms with Gasteiger partial charge in [-0.05, 0) is 50.2 Å². The molecule has 1 aromatic rings. The minimum atomic E-state index is -4.38. The van der Waals surface area contributed by atoms with Crippen molar-refractivity contribution < 1.29 is 27.5 Å². The van der Waals surface area contributed by atoms with Crippen LogP contribution in [0.1, 0.15) is 19.3 Å². The van der Waals surface area contributed by atoms with Gasteiger partial charge >= 0.3 is 6.18 Å². The molecule has 1 amide bonds. The van der Waals surface area contributed by atoms with Crippen LogP contribution in [0.5, 0.6) is 0 Å². The predicted molar refractivity (Wildman–Crippen MR) is 80.9 cm³/mol. The summed E-state index contributed by atoms with van der Waals surface area (Å²) in [7, 11) is 0. The standard InChI is InChI=1S/C16H20F4N2O2/c17-12-1-3-13(4-2-12)21-15(24)11-5-7-22(8-6-11)10-14(23)9-16(18,19)20/h1-4,11,14,23H,5-10H2,(H,21,24). The Labute approximate surface area is 137 Å². The molecule has 1 aliphatic rings. The SMILES string of the molecule is O=C(Nc1ccc(F)cc1)C1CCN(CC(O)CC(F)(F)F)CC1. The van der Waals surface area contributed by atoms with Gasteiger partial charge in [-0.2, -0.15) is 13.2 Å². The summed E-state index contributed by atoms with van der Waals surface area (Å²) in [5.41, 5.74) is 0.504. The zero-order valence-electron chi connectivity index (χ0n) is 13.0. The molecule has 1 unspecified atom stereocenters. The summed E-state index contributed by atoms with van der Waals surface area (Å²) in [5, 5.41) is 12.2. The van der Waals surface area contributed by atoms with Crippen LogP contribution in [0.25, 0.3) is 0 Å². The average Bonchev–Trinajstić information content (AvgIpc) is 2.48. The van der Waals surface area contributed by atoms with E-state index < -0.39 is 24.5 Å². The number of carbonyl (C=O) groups is 1. The van der Waals surface area contributed by atoms with E-state index in [0.717, 1.165) is 0 Å². The molecule has 0 bridgehead atoms. The molecule has 1 heterocycles. The van der Waals surface area contributed by atoms with E-state index in [1.54, 1.807) is 4.90 Å². The van der Waals surface area contributed by atoms with E-state index in [4.69, 9.17) is 0 Å². The number of piperidine rings is 1. The van der Waals surface area contributed by atoms with Crippen LogP contribution in [0, 0.1) is 11.7 Å². The summed E-state index contributed by atoms with van der Waals surface area (Å²) < 4.78 is 49.4. The summed E-state index contributed by atoms with van der Waals surface area (Å²) in [5.74, 6) is -0.818. The zero-order valence-corrected chi connectivity index (χ0v) is 13.0. The van der Waals surface area contributed by atoms with Gasteiger partial charge in [0.05, 0.1) is 12.5 Å². The molecule has 0 aliphatic carbocycles. The predicted octanol–water partition coefficient (Wildman–Crippen LogP) is 2.79. The number of alkyl halides is 3. The number of anilines is 1. The molecular weight excluding hydrogens is 328 g/mol. The van der Waals surface area contributed by atoms with Crippen LogP contribution in [0.15, 0.2) is 24.3 Å². The van der Waals surface area contributed by atoms with Gasteiger partial charge in [0, 0.05) is 18.2 Å². The second-order valence-corrected chi connectivity index (χ2v) is 6.04. The van der Waals surface area contributed by atoms with Crippen molar-refractivity contribution in [2.75, 3.05) is 25.0 Å². The number of aliphatic hydroxyl groups excluding tert-OH is 1. The number of likely N-dealkylation sites (tertiary alicyclic amines) is 1. The van der Waals surface area contributed by atoms with Crippen molar-refractivity contribution in [2.24, 2.45) is 5.92 Å². The Kier molecular flexibility index (Phi) is 6.17. The first-order valence-corrected chi connectivity index (χ1v) is 7.76. The molecule has 8 heteroatoms. The smallest absolute Gasteiger partial charge is 0.391 e. The van der Waals surface area contributed by atoms with Crippen molar-refractivity contribution in [3.63, 3.8) is 0 Å². The Balaban J connectivity index is 1.75. The van der Waals surface area contributed by atoms with E-state index in [-0.39, 0.29) is 18.4 Å². The number of nitrogens with one attached hydrogen (secondary N) is 1. The van der Waals surface area contributed by atoms with Crippen LogP contribution in [-0.4, -0.2) is 47.8 Å². The normalized spacial score (nSPS) is 18.4. The highest BCUT2D eigenvalue weighted by Crippen LogP contribution is 2.24. The fourth-order valence-corrected chi connectivity index (χ4v) is 2.79. The number of carbonyl (C=O) groups excluding carboxylic acids is 1. The van der Waals surface area contributed by atoms with Gasteiger partial charge in [0.1, 0.15) is 5.82 Å². The fourth-order valence-electron chi connectivity index (χ4n) is 2.79. The average molecular weight is 348 g/mol. The number of aliphatic hydroxyl groups is 1. The first-order valence-electron chi connectivity index (χ1n) is 7.76. The summed E-state index contributed by atoms with van der Waals surface area (Å²) in [6.45, 7) is 0.860. The number of nitrogens with zero attached hydrogens (tertiary/aromatic N) is 1. The molecule has 0 spiro atoms. The van der Waals surface area contributed by atoms with Crippen LogP contribution in [-0.2, 0) is 4.79 Å². The molecule has 0 saturated carbocycles. The highest BCUT2D eigenvalue weighted by Gasteiger charge is 2.33. The highest BCUT2D eigenvalue weighted by atomic mass is 19.4. The summed E-state index contributed by atoms with van der Waals surface area (Å²) in [6, 6.07) is 5.44. The summed E-state index contributed by atoms with van der Waals surface area (Å²) >= 11 is 0. The molecule has 134 valence electrons. The van der Waals surface area contributed by atoms with Crippen molar-refractivity contribution in [2.45, 2.75) is 31.5 Å². The monoisotopic (exact) mass is 348 g/mol. The number of halogens is 4. The molecule has 1 aliphatic heterocycles. The zero-order chi connectivity index (χ0) is 17.7. The van der Waals surface area contributed by atoms with Crippen LogP contribution in [0.2, 0.25) is 0 Å². The Morgan fingerprint density at radius 1 is 1.25 bits per heavy atom. The molecule has 24 heavy (non-hydrogen) atoms. The van der Waals surface area contributed by atoms with Gasteiger partial charge in [-0.3, -0.25) is 4.79 Å². The van der Waals surface area contributed by atoms with Gasteiger partial charge in [0.15, 0.2) is 0 Å². The van der Waals surface area contributed by atoms with E-state index in [0.29, 0.717) is 31.6 Å². The molecule has 1 fully saturated rings. The van der Waals surface area contributed by atoms with Gasteiger partial charge in [-0.15, -0.1) is 0 Å². The van der Waals surface area contributed by atoms with Crippen LogP contribution in [0.3, 0.4) is 0 Å². The maximum absolute atomic E-state index is 12.8. The van der Waals surface area contributed by atoms with Gasteiger partial charge in [-0.25, -0.2) is 4.39 Å². The van der Waals surface area contributed by atoms with E-state index in [1.165, 1.54) is 24.3 Å². The third-order valence-corrected chi connectivity index (χ3v) is 4.01. The molecule has 0 aromatic heterocycles. The Morgan fingerprint density at radius 3 is 2.38 bits per heavy atom. The number of hydrogen-bond donors (Lipinski definition) is 2. The summed E-state index contributed by atoms with van der Waals surface area (Å²) in [4.78, 5) is 13.9. The van der Waals surface area contributed by atoms with Crippen molar-refractivity contribution in [1.29, 1.82) is 0 Å². The van der Waals surface area contributed by atoms with E-state index in [2.05, 4.69) is 5.32 Å². The number of rotatable bonds is 5. The van der Waals surface area contributed by atoms with Crippen LogP contribution < -0.4 is 5.32 Å². The third kappa shape index (κ3) is 6.09. The minimum Gasteiger partial charge on any atom is -0.391 e. The second kappa shape index (κ2) is 7.94. The lowest BCUT2D eigenvalue weighted by molar-refractivity contribution is -0.155. The lowest BCUT2D eigenvalue weighted by Crippen LogP contribution is -2.42. The molecule has 2 rings (SSSR count). The Bertz CT molecular complexity index is 540. The van der Waals surface area contributed by atoms with Gasteiger partial charge in [-0.1, -0.05) is 0 Å². The largest absolute Gasteiger partial charge is 0.391 e. The van der Waals surface area contributed by atoms with E-state index >= 15 is 0 Å². The van der Waals surface area contributed by atoms with Crippen molar-refractivity contribution in [1.82, 2.24) is 4.90 Å². The first kappa shape index (κ1) is 18.7. The van der Waals surface area contributed by atoms with Gasteiger partial charge in [0.2, 0.25) is 5.91 Å². The van der Waals surface area contributed by atoms with Crippen molar-refractivity contribution >= 4 is 11.6 Å². The molecule has 1 aromatic carbocycles.